The molecule has 4 heteroatoms. The molecule has 1 unspecified atom stereocenters. The molecule has 0 aromatic rings. The second-order valence-corrected chi connectivity index (χ2v) is 3.78. The van der Waals surface area contributed by atoms with Gasteiger partial charge in [0, 0.05) is 6.04 Å². The quantitative estimate of drug-likeness (QED) is 0.610. The molecule has 2 N–H and O–H groups in total. The van der Waals surface area contributed by atoms with Gasteiger partial charge in [-0.15, -0.1) is 0 Å². The van der Waals surface area contributed by atoms with Crippen molar-refractivity contribution in [2.24, 2.45) is 5.41 Å². The number of rotatable bonds is 6. The van der Waals surface area contributed by atoms with E-state index in [9.17, 15) is 9.59 Å². The molecule has 4 nitrogen and oxygen atoms in total. The summed E-state index contributed by atoms with van der Waals surface area (Å²) in [5, 5.41) is 11.2. The molecular formula is C9H17NO3. The number of hydrogen-bond donors (Lipinski definition) is 2. The van der Waals surface area contributed by atoms with E-state index >= 15 is 0 Å². The Hall–Kier alpha value is -1.06. The summed E-state index contributed by atoms with van der Waals surface area (Å²) in [5.74, 6) is -0.888. The van der Waals surface area contributed by atoms with Gasteiger partial charge in [-0.2, -0.15) is 0 Å². The van der Waals surface area contributed by atoms with E-state index in [-0.39, 0.29) is 17.9 Å². The van der Waals surface area contributed by atoms with Crippen molar-refractivity contribution < 1.29 is 14.7 Å². The Bertz CT molecular complexity index is 189. The Morgan fingerprint density at radius 1 is 1.62 bits per heavy atom. The summed E-state index contributed by atoms with van der Waals surface area (Å²) in [6.45, 7) is 5.86. The van der Waals surface area contributed by atoms with Gasteiger partial charge in [-0.1, -0.05) is 20.8 Å². The molecule has 0 radical (unpaired) electrons. The predicted octanol–water partition coefficient (Wildman–Crippen LogP) is 1.01. The number of hydrogen-bond acceptors (Lipinski definition) is 2. The van der Waals surface area contributed by atoms with E-state index in [0.717, 1.165) is 6.42 Å². The summed E-state index contributed by atoms with van der Waals surface area (Å²) in [7, 11) is 0. The molecule has 0 aromatic heterocycles. The van der Waals surface area contributed by atoms with Crippen LogP contribution in [-0.2, 0) is 9.59 Å². The summed E-state index contributed by atoms with van der Waals surface area (Å²) < 4.78 is 0. The topological polar surface area (TPSA) is 66.4 Å². The van der Waals surface area contributed by atoms with Gasteiger partial charge in [0.05, 0.1) is 6.42 Å². The van der Waals surface area contributed by atoms with Crippen molar-refractivity contribution in [2.45, 2.75) is 39.7 Å². The number of carbonyl (C=O) groups excluding carboxylic acids is 1. The highest BCUT2D eigenvalue weighted by Crippen LogP contribution is 2.26. The van der Waals surface area contributed by atoms with Gasteiger partial charge in [0.25, 0.3) is 0 Å². The molecule has 0 heterocycles. The molecule has 0 saturated carbocycles. The van der Waals surface area contributed by atoms with E-state index in [1.165, 1.54) is 0 Å². The summed E-state index contributed by atoms with van der Waals surface area (Å²) in [6.07, 6.45) is 1.36. The van der Waals surface area contributed by atoms with Crippen LogP contribution >= 0.6 is 0 Å². The molecule has 0 saturated heterocycles. The molecule has 0 aliphatic rings. The van der Waals surface area contributed by atoms with Crippen LogP contribution in [0.25, 0.3) is 0 Å². The highest BCUT2D eigenvalue weighted by atomic mass is 16.4. The van der Waals surface area contributed by atoms with Crippen LogP contribution in [0.2, 0.25) is 0 Å². The lowest BCUT2D eigenvalue weighted by Crippen LogP contribution is -2.42. The number of nitrogens with one attached hydrogen (secondary N) is 1. The Morgan fingerprint density at radius 3 is 2.46 bits per heavy atom. The second-order valence-electron chi connectivity index (χ2n) is 3.78. The number of carbonyl (C=O) groups is 2. The molecule has 0 spiro atoms. The number of aliphatic carboxylic acids is 1. The van der Waals surface area contributed by atoms with Crippen molar-refractivity contribution in [3.63, 3.8) is 0 Å². The smallest absolute Gasteiger partial charge is 0.305 e. The number of amides is 1. The minimum atomic E-state index is -0.888. The Balaban J connectivity index is 4.39. The highest BCUT2D eigenvalue weighted by molar-refractivity contribution is 5.68. The summed E-state index contributed by atoms with van der Waals surface area (Å²) >= 11 is 0. The van der Waals surface area contributed by atoms with Crippen LogP contribution in [0.4, 0.5) is 0 Å². The van der Waals surface area contributed by atoms with Crippen LogP contribution in [0.15, 0.2) is 0 Å². The monoisotopic (exact) mass is 187 g/mol. The zero-order chi connectivity index (χ0) is 10.5. The molecule has 0 aliphatic carbocycles. The summed E-state index contributed by atoms with van der Waals surface area (Å²) in [4.78, 5) is 20.7. The number of carboxylic acids is 1. The van der Waals surface area contributed by atoms with Crippen LogP contribution in [0.3, 0.4) is 0 Å². The van der Waals surface area contributed by atoms with Gasteiger partial charge < -0.3 is 10.4 Å². The lowest BCUT2D eigenvalue weighted by Gasteiger charge is -2.31. The van der Waals surface area contributed by atoms with Crippen LogP contribution in [0.5, 0.6) is 0 Å². The fraction of sp³-hybridized carbons (Fsp3) is 0.778. The molecule has 0 aromatic carbocycles. The van der Waals surface area contributed by atoms with Gasteiger partial charge in [0.15, 0.2) is 0 Å². The summed E-state index contributed by atoms with van der Waals surface area (Å²) in [5.41, 5.74) is -0.181. The Labute approximate surface area is 78.3 Å². The number of carboxylic acid groups (broad SMARTS) is 1. The van der Waals surface area contributed by atoms with E-state index < -0.39 is 5.97 Å². The van der Waals surface area contributed by atoms with E-state index in [1.807, 2.05) is 20.8 Å². The molecule has 0 fully saturated rings. The maximum Gasteiger partial charge on any atom is 0.305 e. The van der Waals surface area contributed by atoms with E-state index in [2.05, 4.69) is 5.32 Å². The van der Waals surface area contributed by atoms with Crippen LogP contribution < -0.4 is 5.32 Å². The fourth-order valence-electron chi connectivity index (χ4n) is 1.06. The maximum absolute atomic E-state index is 10.5. The van der Waals surface area contributed by atoms with Gasteiger partial charge in [-0.3, -0.25) is 9.59 Å². The van der Waals surface area contributed by atoms with Gasteiger partial charge in [-0.25, -0.2) is 0 Å². The van der Waals surface area contributed by atoms with E-state index in [1.54, 1.807) is 0 Å². The van der Waals surface area contributed by atoms with Crippen molar-refractivity contribution in [3.8, 4) is 0 Å². The average Bonchev–Trinajstić information content (AvgIpc) is 2.03. The zero-order valence-corrected chi connectivity index (χ0v) is 8.33. The Morgan fingerprint density at radius 2 is 2.15 bits per heavy atom. The molecule has 0 rings (SSSR count). The van der Waals surface area contributed by atoms with Crippen molar-refractivity contribution >= 4 is 12.4 Å². The molecule has 1 amide bonds. The minimum absolute atomic E-state index is 0.0282. The first-order valence-corrected chi connectivity index (χ1v) is 4.35. The lowest BCUT2D eigenvalue weighted by atomic mass is 9.80. The van der Waals surface area contributed by atoms with E-state index in [0.29, 0.717) is 6.41 Å². The maximum atomic E-state index is 10.5. The van der Waals surface area contributed by atoms with Gasteiger partial charge in [-0.05, 0) is 11.8 Å². The van der Waals surface area contributed by atoms with E-state index in [4.69, 9.17) is 5.11 Å². The molecule has 1 atom stereocenters. The predicted molar refractivity (Wildman–Crippen MR) is 49.3 cm³/mol. The van der Waals surface area contributed by atoms with Crippen LogP contribution in [-0.4, -0.2) is 23.5 Å². The standard InChI is InChI=1S/C9H17NO3/c1-4-9(2,3)7(10-6-11)5-8(12)13/h6-7H,4-5H2,1-3H3,(H,10,11)(H,12,13). The molecule has 0 aliphatic heterocycles. The van der Waals surface area contributed by atoms with Crippen LogP contribution in [0.1, 0.15) is 33.6 Å². The SMILES string of the molecule is CCC(C)(C)C(CC(=O)O)NC=O. The third kappa shape index (κ3) is 3.92. The first-order valence-electron chi connectivity index (χ1n) is 4.35. The van der Waals surface area contributed by atoms with Crippen LogP contribution in [0, 0.1) is 5.41 Å². The van der Waals surface area contributed by atoms with Gasteiger partial charge in [0.1, 0.15) is 0 Å². The molecule has 76 valence electrons. The third-order valence-corrected chi connectivity index (χ3v) is 2.50. The van der Waals surface area contributed by atoms with Crippen molar-refractivity contribution in [3.05, 3.63) is 0 Å². The third-order valence-electron chi connectivity index (χ3n) is 2.50. The normalized spacial score (nSPS) is 13.5. The van der Waals surface area contributed by atoms with Gasteiger partial charge in [0.2, 0.25) is 6.41 Å². The minimum Gasteiger partial charge on any atom is -0.481 e. The largest absolute Gasteiger partial charge is 0.481 e. The molecule has 0 bridgehead atoms. The summed E-state index contributed by atoms with van der Waals surface area (Å²) in [6, 6.07) is -0.299. The Kier molecular flexibility index (Phi) is 4.45. The lowest BCUT2D eigenvalue weighted by molar-refractivity contribution is -0.138. The molecule has 13 heavy (non-hydrogen) atoms. The first-order chi connectivity index (χ1) is 5.94. The van der Waals surface area contributed by atoms with Gasteiger partial charge >= 0.3 is 5.97 Å². The van der Waals surface area contributed by atoms with Crippen molar-refractivity contribution in [1.29, 1.82) is 0 Å². The second kappa shape index (κ2) is 4.84. The van der Waals surface area contributed by atoms with Crippen molar-refractivity contribution in [1.82, 2.24) is 5.32 Å². The zero-order valence-electron chi connectivity index (χ0n) is 8.33. The highest BCUT2D eigenvalue weighted by Gasteiger charge is 2.29. The average molecular weight is 187 g/mol. The molecular weight excluding hydrogens is 170 g/mol. The van der Waals surface area contributed by atoms with Crippen molar-refractivity contribution in [2.75, 3.05) is 0 Å². The fourth-order valence-corrected chi connectivity index (χ4v) is 1.06. The first kappa shape index (κ1) is 11.9.